The predicted octanol–water partition coefficient (Wildman–Crippen LogP) is 2.49. The zero-order chi connectivity index (χ0) is 13.6. The highest BCUT2D eigenvalue weighted by molar-refractivity contribution is 6.31. The Balaban J connectivity index is 1.76. The van der Waals surface area contributed by atoms with Crippen LogP contribution in [-0.2, 0) is 0 Å². The number of aliphatic hydroxyl groups is 1. The number of hydrogen-bond acceptors (Lipinski definition) is 2. The Hall–Kier alpha value is -1.06. The molecule has 1 aliphatic heterocycles. The first-order valence-electron chi connectivity index (χ1n) is 6.80. The average Bonchev–Trinajstić information content (AvgIpc) is 2.95. The number of nitrogens with zero attached hydrogens (tertiary/aromatic N) is 1. The standard InChI is InChI=1S/C15H18ClNO2/c1-9-2-3-10(6-13(9)16)15(19)17-7-11-4-5-14(18)12(11)8-17/h2-3,6,11-12,14,18H,4-5,7-8H2,1H3. The number of carbonyl (C=O) groups excluding carboxylic acids is 1. The quantitative estimate of drug-likeness (QED) is 0.858. The van der Waals surface area contributed by atoms with Gasteiger partial charge in [-0.05, 0) is 43.4 Å². The van der Waals surface area contributed by atoms with Crippen LogP contribution >= 0.6 is 11.6 Å². The fraction of sp³-hybridized carbons (Fsp3) is 0.533. The fourth-order valence-electron chi connectivity index (χ4n) is 3.31. The molecule has 1 aromatic carbocycles. The summed E-state index contributed by atoms with van der Waals surface area (Å²) in [6.07, 6.45) is 1.68. The molecule has 1 amide bonds. The Morgan fingerprint density at radius 1 is 1.37 bits per heavy atom. The molecule has 2 aliphatic rings. The van der Waals surface area contributed by atoms with E-state index in [0.29, 0.717) is 23.0 Å². The minimum absolute atomic E-state index is 0.0310. The molecule has 1 saturated heterocycles. The fourth-order valence-corrected chi connectivity index (χ4v) is 3.49. The number of hydrogen-bond donors (Lipinski definition) is 1. The van der Waals surface area contributed by atoms with Crippen molar-refractivity contribution in [2.45, 2.75) is 25.9 Å². The molecule has 19 heavy (non-hydrogen) atoms. The zero-order valence-electron chi connectivity index (χ0n) is 11.0. The van der Waals surface area contributed by atoms with Crippen LogP contribution in [0.3, 0.4) is 0 Å². The van der Waals surface area contributed by atoms with Crippen molar-refractivity contribution in [2.75, 3.05) is 13.1 Å². The number of aryl methyl sites for hydroxylation is 1. The van der Waals surface area contributed by atoms with E-state index in [9.17, 15) is 9.90 Å². The predicted molar refractivity (Wildman–Crippen MR) is 74.3 cm³/mol. The highest BCUT2D eigenvalue weighted by Gasteiger charge is 2.43. The Bertz CT molecular complexity index is 517. The molecule has 1 N–H and O–H groups in total. The third-order valence-electron chi connectivity index (χ3n) is 4.53. The van der Waals surface area contributed by atoms with Gasteiger partial charge in [0.1, 0.15) is 0 Å². The molecule has 3 atom stereocenters. The van der Waals surface area contributed by atoms with Crippen LogP contribution < -0.4 is 0 Å². The number of halogens is 1. The first-order chi connectivity index (χ1) is 9.06. The number of benzene rings is 1. The Morgan fingerprint density at radius 2 is 2.16 bits per heavy atom. The molecule has 3 rings (SSSR count). The maximum Gasteiger partial charge on any atom is 0.253 e. The van der Waals surface area contributed by atoms with Crippen molar-refractivity contribution in [2.24, 2.45) is 11.8 Å². The third-order valence-corrected chi connectivity index (χ3v) is 4.93. The van der Waals surface area contributed by atoms with Crippen molar-refractivity contribution in [3.8, 4) is 0 Å². The molecule has 0 spiro atoms. The van der Waals surface area contributed by atoms with Gasteiger partial charge in [-0.15, -0.1) is 0 Å². The van der Waals surface area contributed by atoms with Gasteiger partial charge < -0.3 is 10.0 Å². The first-order valence-corrected chi connectivity index (χ1v) is 7.17. The molecule has 0 radical (unpaired) electrons. The molecular weight excluding hydrogens is 262 g/mol. The Kier molecular flexibility index (Phi) is 3.27. The van der Waals surface area contributed by atoms with Gasteiger partial charge in [0, 0.05) is 29.6 Å². The van der Waals surface area contributed by atoms with Crippen LogP contribution in [0.4, 0.5) is 0 Å². The summed E-state index contributed by atoms with van der Waals surface area (Å²) in [5.74, 6) is 0.772. The summed E-state index contributed by atoms with van der Waals surface area (Å²) in [5, 5.41) is 10.5. The van der Waals surface area contributed by atoms with E-state index in [4.69, 9.17) is 11.6 Å². The zero-order valence-corrected chi connectivity index (χ0v) is 11.7. The van der Waals surface area contributed by atoms with Gasteiger partial charge in [-0.3, -0.25) is 4.79 Å². The van der Waals surface area contributed by atoms with Crippen molar-refractivity contribution in [1.29, 1.82) is 0 Å². The number of likely N-dealkylation sites (tertiary alicyclic amines) is 1. The van der Waals surface area contributed by atoms with Gasteiger partial charge >= 0.3 is 0 Å². The Labute approximate surface area is 118 Å². The largest absolute Gasteiger partial charge is 0.393 e. The van der Waals surface area contributed by atoms with Crippen LogP contribution in [-0.4, -0.2) is 35.1 Å². The van der Waals surface area contributed by atoms with E-state index < -0.39 is 0 Å². The second kappa shape index (κ2) is 4.80. The summed E-state index contributed by atoms with van der Waals surface area (Å²) in [7, 11) is 0. The van der Waals surface area contributed by atoms with Crippen molar-refractivity contribution in [3.05, 3.63) is 34.3 Å². The number of aliphatic hydroxyl groups excluding tert-OH is 1. The van der Waals surface area contributed by atoms with Crippen molar-refractivity contribution in [1.82, 2.24) is 4.90 Å². The molecule has 0 aromatic heterocycles. The minimum atomic E-state index is -0.232. The van der Waals surface area contributed by atoms with Crippen molar-refractivity contribution in [3.63, 3.8) is 0 Å². The lowest BCUT2D eigenvalue weighted by Crippen LogP contribution is -2.31. The molecule has 1 aromatic rings. The van der Waals surface area contributed by atoms with Crippen LogP contribution in [0, 0.1) is 18.8 Å². The number of carbonyl (C=O) groups is 1. The summed E-state index contributed by atoms with van der Waals surface area (Å²) in [5.41, 5.74) is 1.62. The average molecular weight is 280 g/mol. The third kappa shape index (κ3) is 2.26. The first kappa shape index (κ1) is 12.9. The highest BCUT2D eigenvalue weighted by atomic mass is 35.5. The molecule has 0 bridgehead atoms. The molecule has 1 heterocycles. The number of amides is 1. The van der Waals surface area contributed by atoms with E-state index in [1.54, 1.807) is 6.07 Å². The van der Waals surface area contributed by atoms with Crippen LogP contribution in [0.25, 0.3) is 0 Å². The van der Waals surface area contributed by atoms with E-state index in [0.717, 1.165) is 24.9 Å². The van der Waals surface area contributed by atoms with Gasteiger partial charge in [-0.25, -0.2) is 0 Å². The second-order valence-electron chi connectivity index (χ2n) is 5.74. The molecule has 3 nitrogen and oxygen atoms in total. The summed E-state index contributed by atoms with van der Waals surface area (Å²) in [6, 6.07) is 5.44. The van der Waals surface area contributed by atoms with E-state index in [1.165, 1.54) is 0 Å². The SMILES string of the molecule is Cc1ccc(C(=O)N2CC3CCC(O)C3C2)cc1Cl. The lowest BCUT2D eigenvalue weighted by Gasteiger charge is -2.18. The normalized spacial score (nSPS) is 29.6. The van der Waals surface area contributed by atoms with Crippen LogP contribution in [0.15, 0.2) is 18.2 Å². The molecule has 1 saturated carbocycles. The Morgan fingerprint density at radius 3 is 2.84 bits per heavy atom. The smallest absolute Gasteiger partial charge is 0.253 e. The van der Waals surface area contributed by atoms with Crippen molar-refractivity contribution < 1.29 is 9.90 Å². The molecule has 3 unspecified atom stereocenters. The molecule has 1 aliphatic carbocycles. The monoisotopic (exact) mass is 279 g/mol. The number of fused-ring (bicyclic) bond motifs is 1. The van der Waals surface area contributed by atoms with Gasteiger partial charge in [0.2, 0.25) is 0 Å². The van der Waals surface area contributed by atoms with E-state index in [1.807, 2.05) is 24.0 Å². The molecule has 2 fully saturated rings. The topological polar surface area (TPSA) is 40.5 Å². The minimum Gasteiger partial charge on any atom is -0.393 e. The van der Waals surface area contributed by atoms with Gasteiger partial charge in [0.15, 0.2) is 0 Å². The van der Waals surface area contributed by atoms with Gasteiger partial charge in [0.25, 0.3) is 5.91 Å². The molecular formula is C15H18ClNO2. The van der Waals surface area contributed by atoms with E-state index in [2.05, 4.69) is 0 Å². The highest BCUT2D eigenvalue weighted by Crippen LogP contribution is 2.38. The van der Waals surface area contributed by atoms with Crippen molar-refractivity contribution >= 4 is 17.5 Å². The molecule has 102 valence electrons. The number of rotatable bonds is 1. The summed E-state index contributed by atoms with van der Waals surface area (Å²) < 4.78 is 0. The lowest BCUT2D eigenvalue weighted by molar-refractivity contribution is 0.0752. The summed E-state index contributed by atoms with van der Waals surface area (Å²) in [4.78, 5) is 14.3. The van der Waals surface area contributed by atoms with E-state index >= 15 is 0 Å². The van der Waals surface area contributed by atoms with Gasteiger partial charge in [-0.1, -0.05) is 17.7 Å². The van der Waals surface area contributed by atoms with Gasteiger partial charge in [0.05, 0.1) is 6.10 Å². The van der Waals surface area contributed by atoms with Crippen LogP contribution in [0.5, 0.6) is 0 Å². The van der Waals surface area contributed by atoms with Gasteiger partial charge in [-0.2, -0.15) is 0 Å². The van der Waals surface area contributed by atoms with Crippen LogP contribution in [0.1, 0.15) is 28.8 Å². The maximum atomic E-state index is 12.4. The molecule has 4 heteroatoms. The summed E-state index contributed by atoms with van der Waals surface area (Å²) in [6.45, 7) is 3.37. The maximum absolute atomic E-state index is 12.4. The van der Waals surface area contributed by atoms with E-state index in [-0.39, 0.29) is 17.9 Å². The summed E-state index contributed by atoms with van der Waals surface area (Å²) >= 11 is 6.07. The van der Waals surface area contributed by atoms with Crippen LogP contribution in [0.2, 0.25) is 5.02 Å². The lowest BCUT2D eigenvalue weighted by atomic mass is 10.00. The second-order valence-corrected chi connectivity index (χ2v) is 6.15.